The van der Waals surface area contributed by atoms with E-state index in [-0.39, 0.29) is 0 Å². The number of benzene rings is 1. The second-order valence-electron chi connectivity index (χ2n) is 3.35. The molecule has 0 atom stereocenters. The van der Waals surface area contributed by atoms with Crippen molar-refractivity contribution in [2.45, 2.75) is 6.92 Å². The molecule has 2 N–H and O–H groups in total. The Kier molecular flexibility index (Phi) is 2.03. The summed E-state index contributed by atoms with van der Waals surface area (Å²) < 4.78 is 3.68. The molecule has 6 nitrogen and oxygen atoms in total. The minimum Gasteiger partial charge on any atom is -0.342 e. The number of fused-ring (bicyclic) bond motifs is 1. The zero-order valence-corrected chi connectivity index (χ0v) is 9.25. The van der Waals surface area contributed by atoms with Crippen molar-refractivity contribution >= 4 is 33.4 Å². The summed E-state index contributed by atoms with van der Waals surface area (Å²) >= 11 is 1.22. The number of hydrogen-bond acceptors (Lipinski definition) is 6. The fraction of sp³-hybridized carbons (Fsp3) is 0.111. The second-order valence-corrected chi connectivity index (χ2v) is 4.08. The van der Waals surface area contributed by atoms with Gasteiger partial charge in [-0.2, -0.15) is 0 Å². The number of rotatable bonds is 2. The molecule has 80 valence electrons. The Morgan fingerprint density at radius 1 is 1.38 bits per heavy atom. The van der Waals surface area contributed by atoms with Gasteiger partial charge >= 0.3 is 0 Å². The standard InChI is InChI=1S/C9H8N6S/c1-5-10-7-3-2-6(4-8(7)11-5)12-9-13-14-15-16-9/h2-4H,1H3,(H,10,11)(H,12,13,15). The number of nitrogens with one attached hydrogen (secondary N) is 2. The molecule has 0 radical (unpaired) electrons. The van der Waals surface area contributed by atoms with Crippen molar-refractivity contribution in [2.75, 3.05) is 5.32 Å². The van der Waals surface area contributed by atoms with E-state index in [0.717, 1.165) is 22.5 Å². The fourth-order valence-electron chi connectivity index (χ4n) is 1.52. The first-order valence-corrected chi connectivity index (χ1v) is 5.47. The van der Waals surface area contributed by atoms with E-state index < -0.39 is 0 Å². The summed E-state index contributed by atoms with van der Waals surface area (Å²) in [4.78, 5) is 7.51. The molecule has 0 aliphatic heterocycles. The van der Waals surface area contributed by atoms with E-state index in [1.54, 1.807) is 0 Å². The van der Waals surface area contributed by atoms with Gasteiger partial charge in [-0.15, -0.1) is 0 Å². The van der Waals surface area contributed by atoms with Crippen molar-refractivity contribution in [3.05, 3.63) is 24.0 Å². The number of H-pyrrole nitrogens is 1. The average Bonchev–Trinajstić information content (AvgIpc) is 2.85. The third kappa shape index (κ3) is 1.61. The summed E-state index contributed by atoms with van der Waals surface area (Å²) in [5.74, 6) is 0.907. The lowest BCUT2D eigenvalue weighted by molar-refractivity contribution is 0.961. The van der Waals surface area contributed by atoms with E-state index in [1.165, 1.54) is 11.5 Å². The Bertz CT molecular complexity index is 614. The number of anilines is 2. The van der Waals surface area contributed by atoms with Crippen LogP contribution < -0.4 is 5.32 Å². The number of nitrogens with zero attached hydrogens (tertiary/aromatic N) is 4. The van der Waals surface area contributed by atoms with E-state index in [1.807, 2.05) is 25.1 Å². The van der Waals surface area contributed by atoms with Gasteiger partial charge in [-0.1, -0.05) is 9.59 Å². The summed E-state index contributed by atoms with van der Waals surface area (Å²) in [7, 11) is 0. The second kappa shape index (κ2) is 3.53. The molecule has 0 saturated heterocycles. The van der Waals surface area contributed by atoms with Crippen LogP contribution in [0.2, 0.25) is 0 Å². The van der Waals surface area contributed by atoms with E-state index in [0.29, 0.717) is 5.13 Å². The fourth-order valence-corrected chi connectivity index (χ4v) is 1.91. The highest BCUT2D eigenvalue weighted by Gasteiger charge is 2.02. The third-order valence-corrected chi connectivity index (χ3v) is 2.66. The molecule has 1 aromatic carbocycles. The predicted octanol–water partition coefficient (Wildman–Crippen LogP) is 1.86. The van der Waals surface area contributed by atoms with Gasteiger partial charge in [-0.3, -0.25) is 0 Å². The van der Waals surface area contributed by atoms with Crippen LogP contribution in [0.4, 0.5) is 10.8 Å². The maximum Gasteiger partial charge on any atom is 0.229 e. The van der Waals surface area contributed by atoms with Gasteiger partial charge in [0.2, 0.25) is 5.13 Å². The van der Waals surface area contributed by atoms with Gasteiger partial charge in [0.25, 0.3) is 0 Å². The van der Waals surface area contributed by atoms with Crippen molar-refractivity contribution in [3.8, 4) is 0 Å². The quantitative estimate of drug-likeness (QED) is 0.705. The van der Waals surface area contributed by atoms with Crippen molar-refractivity contribution in [1.29, 1.82) is 0 Å². The van der Waals surface area contributed by atoms with Gasteiger partial charge in [0.05, 0.1) is 11.0 Å². The Balaban J connectivity index is 1.98. The van der Waals surface area contributed by atoms with E-state index in [4.69, 9.17) is 0 Å². The topological polar surface area (TPSA) is 79.4 Å². The van der Waals surface area contributed by atoms with Crippen LogP contribution in [0, 0.1) is 6.92 Å². The van der Waals surface area contributed by atoms with Crippen LogP contribution in [0.15, 0.2) is 18.2 Å². The summed E-state index contributed by atoms with van der Waals surface area (Å²) in [6.07, 6.45) is 0. The Morgan fingerprint density at radius 2 is 2.31 bits per heavy atom. The molecule has 0 bridgehead atoms. The Labute approximate surface area is 94.9 Å². The number of aryl methyl sites for hydroxylation is 1. The molecule has 0 fully saturated rings. The maximum atomic E-state index is 4.33. The number of hydrogen-bond donors (Lipinski definition) is 2. The highest BCUT2D eigenvalue weighted by Crippen LogP contribution is 2.20. The number of aromatic nitrogens is 5. The van der Waals surface area contributed by atoms with Gasteiger partial charge < -0.3 is 10.3 Å². The van der Waals surface area contributed by atoms with E-state index in [2.05, 4.69) is 30.1 Å². The number of aromatic amines is 1. The van der Waals surface area contributed by atoms with Crippen molar-refractivity contribution < 1.29 is 0 Å². The lowest BCUT2D eigenvalue weighted by Crippen LogP contribution is -1.89. The van der Waals surface area contributed by atoms with Gasteiger partial charge in [0.1, 0.15) is 5.82 Å². The Morgan fingerprint density at radius 3 is 3.12 bits per heavy atom. The molecular formula is C9H8N6S. The van der Waals surface area contributed by atoms with Crippen molar-refractivity contribution in [3.63, 3.8) is 0 Å². The van der Waals surface area contributed by atoms with Gasteiger partial charge in [0, 0.05) is 17.2 Å². The summed E-state index contributed by atoms with van der Waals surface area (Å²) in [5, 5.41) is 11.1. The highest BCUT2D eigenvalue weighted by molar-refractivity contribution is 7.09. The lowest BCUT2D eigenvalue weighted by Gasteiger charge is -1.99. The van der Waals surface area contributed by atoms with Crippen molar-refractivity contribution in [1.82, 2.24) is 24.8 Å². The van der Waals surface area contributed by atoms with Crippen LogP contribution in [0.3, 0.4) is 0 Å². The SMILES string of the molecule is Cc1nc2ccc(Nc3nnns3)cc2[nH]1. The smallest absolute Gasteiger partial charge is 0.229 e. The lowest BCUT2D eigenvalue weighted by atomic mass is 10.3. The molecule has 3 rings (SSSR count). The first kappa shape index (κ1) is 9.22. The third-order valence-electron chi connectivity index (χ3n) is 2.15. The van der Waals surface area contributed by atoms with Gasteiger partial charge in [-0.05, 0) is 30.3 Å². The first-order chi connectivity index (χ1) is 7.81. The van der Waals surface area contributed by atoms with Gasteiger partial charge in [-0.25, -0.2) is 4.98 Å². The van der Waals surface area contributed by atoms with Crippen LogP contribution in [0.1, 0.15) is 5.82 Å². The normalized spacial score (nSPS) is 10.8. The van der Waals surface area contributed by atoms with Crippen LogP contribution in [-0.2, 0) is 0 Å². The van der Waals surface area contributed by atoms with Gasteiger partial charge in [0.15, 0.2) is 0 Å². The zero-order valence-electron chi connectivity index (χ0n) is 8.43. The molecule has 2 aromatic heterocycles. The maximum absolute atomic E-state index is 4.33. The zero-order chi connectivity index (χ0) is 11.0. The average molecular weight is 232 g/mol. The van der Waals surface area contributed by atoms with Crippen LogP contribution >= 0.6 is 11.5 Å². The highest BCUT2D eigenvalue weighted by atomic mass is 32.1. The molecule has 0 amide bonds. The van der Waals surface area contributed by atoms with E-state index in [9.17, 15) is 0 Å². The summed E-state index contributed by atoms with van der Waals surface area (Å²) in [5.41, 5.74) is 2.90. The molecule has 0 aliphatic rings. The van der Waals surface area contributed by atoms with E-state index >= 15 is 0 Å². The van der Waals surface area contributed by atoms with Crippen LogP contribution in [0.5, 0.6) is 0 Å². The molecule has 0 saturated carbocycles. The molecule has 16 heavy (non-hydrogen) atoms. The summed E-state index contributed by atoms with van der Waals surface area (Å²) in [6.45, 7) is 1.93. The number of imidazole rings is 1. The first-order valence-electron chi connectivity index (χ1n) is 4.70. The molecule has 0 unspecified atom stereocenters. The summed E-state index contributed by atoms with van der Waals surface area (Å²) in [6, 6.07) is 5.89. The molecule has 0 spiro atoms. The monoisotopic (exact) mass is 232 g/mol. The molecular weight excluding hydrogens is 224 g/mol. The van der Waals surface area contributed by atoms with Crippen LogP contribution in [-0.4, -0.2) is 24.8 Å². The predicted molar refractivity (Wildman–Crippen MR) is 61.8 cm³/mol. The largest absolute Gasteiger partial charge is 0.342 e. The minimum atomic E-state index is 0.676. The minimum absolute atomic E-state index is 0.676. The van der Waals surface area contributed by atoms with Crippen molar-refractivity contribution in [2.24, 2.45) is 0 Å². The molecule has 3 aromatic rings. The molecule has 0 aliphatic carbocycles. The Hall–Kier alpha value is -2.02. The van der Waals surface area contributed by atoms with Crippen LogP contribution in [0.25, 0.3) is 11.0 Å². The molecule has 2 heterocycles. The molecule has 7 heteroatoms.